The van der Waals surface area contributed by atoms with Gasteiger partial charge in [-0.25, -0.2) is 4.98 Å². The van der Waals surface area contributed by atoms with Crippen LogP contribution >= 0.6 is 0 Å². The number of aryl methyl sites for hydroxylation is 1. The lowest BCUT2D eigenvalue weighted by Gasteiger charge is -2.12. The third-order valence-electron chi connectivity index (χ3n) is 3.24. The molecule has 0 aliphatic rings. The Bertz CT molecular complexity index is 526. The van der Waals surface area contributed by atoms with Gasteiger partial charge in [0.05, 0.1) is 6.61 Å². The van der Waals surface area contributed by atoms with Crippen LogP contribution < -0.4 is 10.1 Å². The number of ether oxygens (including phenoxy) is 1. The summed E-state index contributed by atoms with van der Waals surface area (Å²) in [7, 11) is 0. The lowest BCUT2D eigenvalue weighted by atomic mass is 10.1. The van der Waals surface area contributed by atoms with Gasteiger partial charge in [0, 0.05) is 24.3 Å². The molecule has 0 fully saturated rings. The summed E-state index contributed by atoms with van der Waals surface area (Å²) in [6, 6.07) is 15.0. The number of nitrogens with one attached hydrogen (secondary N) is 1. The van der Waals surface area contributed by atoms with Crippen LogP contribution in [0.1, 0.15) is 31.4 Å². The highest BCUT2D eigenvalue weighted by molar-refractivity contribution is 5.25. The Labute approximate surface area is 127 Å². The number of hydrogen-bond acceptors (Lipinski definition) is 3. The molecule has 1 N–H and O–H groups in total. The van der Waals surface area contributed by atoms with Crippen molar-refractivity contribution in [1.29, 1.82) is 0 Å². The van der Waals surface area contributed by atoms with Crippen molar-refractivity contribution in [3.63, 3.8) is 0 Å². The molecule has 1 heterocycles. The molecule has 0 amide bonds. The maximum atomic E-state index is 5.84. The summed E-state index contributed by atoms with van der Waals surface area (Å²) >= 11 is 0. The molecule has 21 heavy (non-hydrogen) atoms. The lowest BCUT2D eigenvalue weighted by Crippen LogP contribution is -2.22. The lowest BCUT2D eigenvalue weighted by molar-refractivity contribution is 0.295. The highest BCUT2D eigenvalue weighted by atomic mass is 16.5. The fourth-order valence-corrected chi connectivity index (χ4v) is 2.09. The van der Waals surface area contributed by atoms with Crippen molar-refractivity contribution in [2.24, 2.45) is 0 Å². The normalized spacial score (nSPS) is 10.8. The first-order valence-electron chi connectivity index (χ1n) is 7.59. The van der Waals surface area contributed by atoms with E-state index in [1.54, 1.807) is 6.20 Å². The molecule has 1 aromatic carbocycles. The molecule has 0 atom stereocenters. The Kier molecular flexibility index (Phi) is 6.22. The van der Waals surface area contributed by atoms with Gasteiger partial charge in [-0.15, -0.1) is 0 Å². The minimum Gasteiger partial charge on any atom is -0.477 e. The van der Waals surface area contributed by atoms with Crippen LogP contribution in [0, 0.1) is 0 Å². The number of benzene rings is 1. The second-order valence-corrected chi connectivity index (χ2v) is 5.44. The molecule has 0 aliphatic carbocycles. The molecule has 1 aromatic heterocycles. The summed E-state index contributed by atoms with van der Waals surface area (Å²) in [5, 5.41) is 3.40. The van der Waals surface area contributed by atoms with Crippen LogP contribution in [0.3, 0.4) is 0 Å². The Morgan fingerprint density at radius 1 is 1.10 bits per heavy atom. The molecule has 2 aromatic rings. The zero-order valence-electron chi connectivity index (χ0n) is 12.9. The minimum atomic E-state index is 0.455. The summed E-state index contributed by atoms with van der Waals surface area (Å²) in [5.74, 6) is 0.749. The molecule has 112 valence electrons. The Balaban J connectivity index is 1.80. The van der Waals surface area contributed by atoms with Crippen LogP contribution in [0.2, 0.25) is 0 Å². The van der Waals surface area contributed by atoms with Crippen molar-refractivity contribution in [2.45, 2.75) is 39.3 Å². The summed E-state index contributed by atoms with van der Waals surface area (Å²) in [4.78, 5) is 4.34. The summed E-state index contributed by atoms with van der Waals surface area (Å²) in [6.07, 6.45) is 3.82. The molecule has 2 rings (SSSR count). The average Bonchev–Trinajstić information content (AvgIpc) is 2.51. The number of hydrogen-bond donors (Lipinski definition) is 1. The average molecular weight is 284 g/mol. The maximum absolute atomic E-state index is 5.84. The first-order valence-corrected chi connectivity index (χ1v) is 7.59. The predicted molar refractivity (Wildman–Crippen MR) is 86.5 cm³/mol. The number of nitrogens with zero attached hydrogens (tertiary/aromatic N) is 1. The van der Waals surface area contributed by atoms with Crippen molar-refractivity contribution < 1.29 is 4.74 Å². The van der Waals surface area contributed by atoms with Gasteiger partial charge in [0.25, 0.3) is 0 Å². The van der Waals surface area contributed by atoms with Gasteiger partial charge in [0.1, 0.15) is 0 Å². The summed E-state index contributed by atoms with van der Waals surface area (Å²) in [6.45, 7) is 5.76. The third kappa shape index (κ3) is 5.56. The predicted octanol–water partition coefficient (Wildman–Crippen LogP) is 3.59. The SMILES string of the molecule is CC(C)NCc1cccnc1OCCCc1ccccc1. The van der Waals surface area contributed by atoms with E-state index in [9.17, 15) is 0 Å². The molecule has 3 heteroatoms. The number of pyridine rings is 1. The van der Waals surface area contributed by atoms with Gasteiger partial charge in [0.15, 0.2) is 0 Å². The van der Waals surface area contributed by atoms with Crippen LogP contribution in [0.5, 0.6) is 5.88 Å². The summed E-state index contributed by atoms with van der Waals surface area (Å²) in [5.41, 5.74) is 2.47. The van der Waals surface area contributed by atoms with Crippen molar-refractivity contribution in [2.75, 3.05) is 6.61 Å². The first-order chi connectivity index (χ1) is 10.3. The quantitative estimate of drug-likeness (QED) is 0.752. The minimum absolute atomic E-state index is 0.455. The van der Waals surface area contributed by atoms with E-state index in [0.29, 0.717) is 12.6 Å². The molecule has 0 radical (unpaired) electrons. The molecule has 0 spiro atoms. The third-order valence-corrected chi connectivity index (χ3v) is 3.24. The second-order valence-electron chi connectivity index (χ2n) is 5.44. The highest BCUT2D eigenvalue weighted by Gasteiger charge is 2.05. The van der Waals surface area contributed by atoms with Gasteiger partial charge in [-0.05, 0) is 24.5 Å². The van der Waals surface area contributed by atoms with E-state index >= 15 is 0 Å². The van der Waals surface area contributed by atoms with Gasteiger partial charge in [-0.3, -0.25) is 0 Å². The fourth-order valence-electron chi connectivity index (χ4n) is 2.09. The van der Waals surface area contributed by atoms with E-state index in [2.05, 4.69) is 54.5 Å². The van der Waals surface area contributed by atoms with E-state index in [0.717, 1.165) is 30.8 Å². The van der Waals surface area contributed by atoms with Gasteiger partial charge in [-0.1, -0.05) is 50.2 Å². The molecule has 0 bridgehead atoms. The van der Waals surface area contributed by atoms with Crippen molar-refractivity contribution in [1.82, 2.24) is 10.3 Å². The van der Waals surface area contributed by atoms with E-state index in [1.165, 1.54) is 5.56 Å². The summed E-state index contributed by atoms with van der Waals surface area (Å²) < 4.78 is 5.84. The molecule has 0 unspecified atom stereocenters. The van der Waals surface area contributed by atoms with Crippen LogP contribution in [-0.4, -0.2) is 17.6 Å². The Morgan fingerprint density at radius 2 is 1.90 bits per heavy atom. The van der Waals surface area contributed by atoms with E-state index in [4.69, 9.17) is 4.74 Å². The molecule has 0 saturated carbocycles. The molecule has 0 aliphatic heterocycles. The van der Waals surface area contributed by atoms with E-state index < -0.39 is 0 Å². The molecular formula is C18H24N2O. The van der Waals surface area contributed by atoms with Crippen LogP contribution in [-0.2, 0) is 13.0 Å². The molecule has 3 nitrogen and oxygen atoms in total. The highest BCUT2D eigenvalue weighted by Crippen LogP contribution is 2.15. The number of rotatable bonds is 8. The smallest absolute Gasteiger partial charge is 0.217 e. The molecule has 0 saturated heterocycles. The maximum Gasteiger partial charge on any atom is 0.217 e. The second kappa shape index (κ2) is 8.42. The topological polar surface area (TPSA) is 34.2 Å². The van der Waals surface area contributed by atoms with Crippen LogP contribution in [0.15, 0.2) is 48.7 Å². The zero-order chi connectivity index (χ0) is 14.9. The van der Waals surface area contributed by atoms with Crippen molar-refractivity contribution >= 4 is 0 Å². The van der Waals surface area contributed by atoms with Crippen LogP contribution in [0.4, 0.5) is 0 Å². The zero-order valence-corrected chi connectivity index (χ0v) is 12.9. The fraction of sp³-hybridized carbons (Fsp3) is 0.389. The molecular weight excluding hydrogens is 260 g/mol. The van der Waals surface area contributed by atoms with Gasteiger partial charge in [0.2, 0.25) is 5.88 Å². The van der Waals surface area contributed by atoms with Crippen molar-refractivity contribution in [3.8, 4) is 5.88 Å². The van der Waals surface area contributed by atoms with Crippen LogP contribution in [0.25, 0.3) is 0 Å². The van der Waals surface area contributed by atoms with Crippen molar-refractivity contribution in [3.05, 3.63) is 59.8 Å². The monoisotopic (exact) mass is 284 g/mol. The van der Waals surface area contributed by atoms with Gasteiger partial charge >= 0.3 is 0 Å². The van der Waals surface area contributed by atoms with E-state index in [-0.39, 0.29) is 0 Å². The Hall–Kier alpha value is -1.87. The van der Waals surface area contributed by atoms with Gasteiger partial charge in [-0.2, -0.15) is 0 Å². The first kappa shape index (κ1) is 15.5. The number of aromatic nitrogens is 1. The largest absolute Gasteiger partial charge is 0.477 e. The standard InChI is InChI=1S/C18H24N2O/c1-15(2)20-14-17-11-6-12-19-18(17)21-13-7-10-16-8-4-3-5-9-16/h3-6,8-9,11-12,15,20H,7,10,13-14H2,1-2H3. The van der Waals surface area contributed by atoms with E-state index in [1.807, 2.05) is 12.1 Å². The van der Waals surface area contributed by atoms with Gasteiger partial charge < -0.3 is 10.1 Å². The Morgan fingerprint density at radius 3 is 2.67 bits per heavy atom.